The number of hydrogen-bond donors (Lipinski definition) is 2. The van der Waals surface area contributed by atoms with E-state index in [-0.39, 0.29) is 24.3 Å². The first-order valence-electron chi connectivity index (χ1n) is 15.5. The third-order valence-corrected chi connectivity index (χ3v) is 7.45. The number of unbranched alkanes of at least 4 members (excludes halogenated alkanes) is 2. The molecule has 232 valence electrons. The largest absolute Gasteiger partial charge is 0.478 e. The van der Waals surface area contributed by atoms with E-state index in [1.54, 1.807) is 0 Å². The fourth-order valence-corrected chi connectivity index (χ4v) is 5.02. The van der Waals surface area contributed by atoms with Gasteiger partial charge in [0.2, 0.25) is 6.08 Å². The Hall–Kier alpha value is -2.74. The van der Waals surface area contributed by atoms with Gasteiger partial charge in [0.1, 0.15) is 0 Å². The van der Waals surface area contributed by atoms with Gasteiger partial charge in [-0.25, -0.2) is 19.4 Å². The number of aliphatic imine (C=N–C) groups is 1. The average Bonchev–Trinajstić information content (AvgIpc) is 2.96. The van der Waals surface area contributed by atoms with Crippen LogP contribution < -0.4 is 5.32 Å². The lowest BCUT2D eigenvalue weighted by Gasteiger charge is -2.33. The molecule has 1 fully saturated rings. The molecule has 0 aromatic heterocycles. The first kappa shape index (κ1) is 36.3. The van der Waals surface area contributed by atoms with Crippen LogP contribution in [-0.4, -0.2) is 72.6 Å². The molecule has 2 amide bonds. The highest BCUT2D eigenvalue weighted by Gasteiger charge is 2.25. The standard InChI is InChI=1S/C27H44N2O5.C5H9NO/c1-5-8-15-28-27(32)29(22(6-2)7-3)16-17-33-23-13-10-14-24(18-23)34-19-21-12-9-11-20(4)25(21)26(30)31;1-2-3-4-6-5-7/h9,11-12,22-24H,5-8,10,13-19H2,1-4H3,(H,28,32)(H,30,31);2-4H2,1H3. The molecule has 0 bridgehead atoms. The monoisotopic (exact) mass is 575 g/mol. The van der Waals surface area contributed by atoms with E-state index in [2.05, 4.69) is 38.0 Å². The lowest BCUT2D eigenvalue weighted by molar-refractivity contribution is -0.0535. The minimum atomic E-state index is -0.915. The van der Waals surface area contributed by atoms with Crippen molar-refractivity contribution in [2.24, 2.45) is 4.99 Å². The van der Waals surface area contributed by atoms with Crippen molar-refractivity contribution < 1.29 is 29.0 Å². The van der Waals surface area contributed by atoms with Crippen molar-refractivity contribution in [3.8, 4) is 0 Å². The molecule has 9 heteroatoms. The number of aromatic carboxylic acids is 1. The maximum absolute atomic E-state index is 12.7. The number of nitrogens with zero attached hydrogens (tertiary/aromatic N) is 2. The van der Waals surface area contributed by atoms with E-state index in [4.69, 9.17) is 9.47 Å². The maximum atomic E-state index is 12.7. The van der Waals surface area contributed by atoms with Crippen molar-refractivity contribution in [2.45, 2.75) is 124 Å². The first-order valence-corrected chi connectivity index (χ1v) is 15.5. The summed E-state index contributed by atoms with van der Waals surface area (Å²) in [5.74, 6) is -0.915. The van der Waals surface area contributed by atoms with Gasteiger partial charge in [-0.2, -0.15) is 0 Å². The molecule has 0 aliphatic heterocycles. The zero-order valence-corrected chi connectivity index (χ0v) is 26.0. The van der Waals surface area contributed by atoms with Crippen LogP contribution in [0.3, 0.4) is 0 Å². The van der Waals surface area contributed by atoms with Crippen LogP contribution in [-0.2, 0) is 20.9 Å². The highest BCUT2D eigenvalue weighted by molar-refractivity contribution is 5.91. The van der Waals surface area contributed by atoms with Crippen LogP contribution in [0.4, 0.5) is 4.79 Å². The molecule has 1 aromatic rings. The molecular weight excluding hydrogens is 522 g/mol. The molecule has 1 aromatic carbocycles. The minimum absolute atomic E-state index is 0.00277. The van der Waals surface area contributed by atoms with E-state index in [0.717, 1.165) is 69.8 Å². The van der Waals surface area contributed by atoms with Gasteiger partial charge in [-0.05, 0) is 69.4 Å². The van der Waals surface area contributed by atoms with Crippen LogP contribution in [0.2, 0.25) is 0 Å². The van der Waals surface area contributed by atoms with Crippen LogP contribution in [0.1, 0.15) is 113 Å². The van der Waals surface area contributed by atoms with Crippen molar-refractivity contribution in [1.82, 2.24) is 10.2 Å². The molecule has 2 N–H and O–H groups in total. The second-order valence-electron chi connectivity index (χ2n) is 10.6. The van der Waals surface area contributed by atoms with Gasteiger partial charge >= 0.3 is 12.0 Å². The van der Waals surface area contributed by atoms with Gasteiger partial charge in [0, 0.05) is 19.1 Å². The van der Waals surface area contributed by atoms with Crippen molar-refractivity contribution >= 4 is 18.1 Å². The molecule has 0 saturated heterocycles. The molecule has 1 aliphatic carbocycles. The number of carboxylic acid groups (broad SMARTS) is 1. The van der Waals surface area contributed by atoms with Crippen LogP contribution in [0.15, 0.2) is 23.2 Å². The van der Waals surface area contributed by atoms with Gasteiger partial charge in [0.25, 0.3) is 0 Å². The highest BCUT2D eigenvalue weighted by Crippen LogP contribution is 2.25. The fourth-order valence-electron chi connectivity index (χ4n) is 5.02. The van der Waals surface area contributed by atoms with Crippen LogP contribution >= 0.6 is 0 Å². The van der Waals surface area contributed by atoms with Crippen LogP contribution in [0.5, 0.6) is 0 Å². The zero-order valence-electron chi connectivity index (χ0n) is 26.0. The number of isocyanates is 1. The Balaban J connectivity index is 0.00000106. The molecule has 41 heavy (non-hydrogen) atoms. The number of nitrogens with one attached hydrogen (secondary N) is 1. The normalized spacial score (nSPS) is 16.3. The Labute approximate surface area is 247 Å². The fraction of sp³-hybridized carbons (Fsp3) is 0.719. The lowest BCUT2D eigenvalue weighted by Crippen LogP contribution is -2.47. The predicted octanol–water partition coefficient (Wildman–Crippen LogP) is 6.66. The third-order valence-electron chi connectivity index (χ3n) is 7.45. The van der Waals surface area contributed by atoms with Gasteiger partial charge in [0.15, 0.2) is 0 Å². The van der Waals surface area contributed by atoms with Crippen LogP contribution in [0.25, 0.3) is 0 Å². The second kappa shape index (κ2) is 21.9. The number of aryl methyl sites for hydroxylation is 1. The van der Waals surface area contributed by atoms with Gasteiger partial charge in [0.05, 0.1) is 37.5 Å². The first-order chi connectivity index (χ1) is 19.8. The highest BCUT2D eigenvalue weighted by atomic mass is 16.5. The predicted molar refractivity (Wildman–Crippen MR) is 162 cm³/mol. The number of benzene rings is 1. The summed E-state index contributed by atoms with van der Waals surface area (Å²) in [6.45, 7) is 13.0. The van der Waals surface area contributed by atoms with Crippen molar-refractivity contribution in [3.05, 3.63) is 34.9 Å². The number of carbonyl (C=O) groups excluding carboxylic acids is 2. The van der Waals surface area contributed by atoms with E-state index in [9.17, 15) is 19.5 Å². The second-order valence-corrected chi connectivity index (χ2v) is 10.6. The van der Waals surface area contributed by atoms with E-state index in [0.29, 0.717) is 44.0 Å². The van der Waals surface area contributed by atoms with E-state index in [1.807, 2.05) is 30.0 Å². The number of urea groups is 1. The minimum Gasteiger partial charge on any atom is -0.478 e. The van der Waals surface area contributed by atoms with E-state index >= 15 is 0 Å². The Morgan fingerprint density at radius 3 is 2.39 bits per heavy atom. The molecule has 2 unspecified atom stereocenters. The summed E-state index contributed by atoms with van der Waals surface area (Å²) >= 11 is 0. The summed E-state index contributed by atoms with van der Waals surface area (Å²) in [5.41, 5.74) is 1.80. The lowest BCUT2D eigenvalue weighted by atomic mass is 9.94. The number of ether oxygens (including phenoxy) is 2. The van der Waals surface area contributed by atoms with Crippen molar-refractivity contribution in [3.63, 3.8) is 0 Å². The number of amides is 2. The number of rotatable bonds is 17. The third kappa shape index (κ3) is 14.1. The molecule has 0 heterocycles. The quantitative estimate of drug-likeness (QED) is 0.122. The van der Waals surface area contributed by atoms with E-state index < -0.39 is 5.97 Å². The molecule has 0 spiro atoms. The van der Waals surface area contributed by atoms with E-state index in [1.165, 1.54) is 6.08 Å². The Morgan fingerprint density at radius 2 is 1.78 bits per heavy atom. The van der Waals surface area contributed by atoms with Crippen molar-refractivity contribution in [1.29, 1.82) is 0 Å². The summed E-state index contributed by atoms with van der Waals surface area (Å²) in [7, 11) is 0. The van der Waals surface area contributed by atoms with Gasteiger partial charge < -0.3 is 24.8 Å². The summed E-state index contributed by atoms with van der Waals surface area (Å²) in [5, 5.41) is 12.6. The van der Waals surface area contributed by atoms with Gasteiger partial charge in [-0.3, -0.25) is 0 Å². The number of hydrogen-bond acceptors (Lipinski definition) is 6. The molecule has 2 rings (SSSR count). The molecule has 1 saturated carbocycles. The molecule has 9 nitrogen and oxygen atoms in total. The van der Waals surface area contributed by atoms with Gasteiger partial charge in [-0.15, -0.1) is 0 Å². The molecular formula is C32H53N3O6. The maximum Gasteiger partial charge on any atom is 0.336 e. The average molecular weight is 576 g/mol. The summed E-state index contributed by atoms with van der Waals surface area (Å²) in [4.78, 5) is 39.0. The SMILES string of the molecule is CCCCN=C=O.CCCCNC(=O)N(CCOC1CCCC(OCc2cccc(C)c2C(=O)O)C1)C(CC)CC. The smallest absolute Gasteiger partial charge is 0.336 e. The number of carbonyl (C=O) groups is 2. The number of carboxylic acids is 1. The topological polar surface area (TPSA) is 118 Å². The summed E-state index contributed by atoms with van der Waals surface area (Å²) in [6.07, 6.45) is 11.3. The molecule has 1 aliphatic rings. The summed E-state index contributed by atoms with van der Waals surface area (Å²) < 4.78 is 12.3. The molecule has 2 atom stereocenters. The summed E-state index contributed by atoms with van der Waals surface area (Å²) in [6, 6.07) is 5.73. The van der Waals surface area contributed by atoms with Gasteiger partial charge in [-0.1, -0.05) is 58.7 Å². The zero-order chi connectivity index (χ0) is 30.5. The Kier molecular flexibility index (Phi) is 19.4. The Morgan fingerprint density at radius 1 is 1.10 bits per heavy atom. The molecule has 0 radical (unpaired) electrons. The van der Waals surface area contributed by atoms with Crippen molar-refractivity contribution in [2.75, 3.05) is 26.2 Å². The van der Waals surface area contributed by atoms with Crippen LogP contribution in [0, 0.1) is 6.92 Å². The Bertz CT molecular complexity index is 930.